The molecule has 0 spiro atoms. The first kappa shape index (κ1) is 11.9. The minimum Gasteiger partial charge on any atom is -0.477 e. The maximum Gasteiger partial charge on any atom is 0.216 e. The van der Waals surface area contributed by atoms with Crippen LogP contribution >= 0.6 is 0 Å². The molecule has 1 aromatic heterocycles. The van der Waals surface area contributed by atoms with Crippen LogP contribution in [0.25, 0.3) is 0 Å². The summed E-state index contributed by atoms with van der Waals surface area (Å²) in [5, 5.41) is 3.41. The highest BCUT2D eigenvalue weighted by molar-refractivity contribution is 5.22. The van der Waals surface area contributed by atoms with Gasteiger partial charge in [0.25, 0.3) is 0 Å². The van der Waals surface area contributed by atoms with Gasteiger partial charge in [0.15, 0.2) is 0 Å². The Morgan fingerprint density at radius 2 is 2.22 bits per heavy atom. The van der Waals surface area contributed by atoms with Gasteiger partial charge in [0, 0.05) is 24.4 Å². The summed E-state index contributed by atoms with van der Waals surface area (Å²) in [7, 11) is 0. The number of aromatic nitrogens is 2. The first-order valence-electron chi connectivity index (χ1n) is 7.00. The minimum absolute atomic E-state index is 0.624. The van der Waals surface area contributed by atoms with Crippen molar-refractivity contribution in [2.24, 2.45) is 5.92 Å². The fourth-order valence-electron chi connectivity index (χ4n) is 2.49. The Kier molecular flexibility index (Phi) is 3.46. The van der Waals surface area contributed by atoms with Crippen molar-refractivity contribution in [1.29, 1.82) is 0 Å². The van der Waals surface area contributed by atoms with Crippen molar-refractivity contribution < 1.29 is 4.74 Å². The molecule has 2 fully saturated rings. The SMILES string of the molecule is Cc1nc(OCC2CCCNC2)cc(C2CC2)n1. The second-order valence-corrected chi connectivity index (χ2v) is 5.48. The van der Waals surface area contributed by atoms with Crippen molar-refractivity contribution in [3.8, 4) is 5.88 Å². The molecule has 0 aromatic carbocycles. The van der Waals surface area contributed by atoms with Crippen molar-refractivity contribution in [2.45, 2.75) is 38.5 Å². The number of aryl methyl sites for hydroxylation is 1. The largest absolute Gasteiger partial charge is 0.477 e. The number of nitrogens with one attached hydrogen (secondary N) is 1. The van der Waals surface area contributed by atoms with Crippen LogP contribution in [0.4, 0.5) is 0 Å². The van der Waals surface area contributed by atoms with E-state index in [1.54, 1.807) is 0 Å². The Morgan fingerprint density at radius 1 is 1.33 bits per heavy atom. The Hall–Kier alpha value is -1.16. The molecule has 0 radical (unpaired) electrons. The molecule has 1 unspecified atom stereocenters. The highest BCUT2D eigenvalue weighted by atomic mass is 16.5. The molecule has 1 saturated heterocycles. The van der Waals surface area contributed by atoms with Gasteiger partial charge in [-0.25, -0.2) is 4.98 Å². The lowest BCUT2D eigenvalue weighted by Gasteiger charge is -2.22. The Labute approximate surface area is 108 Å². The maximum atomic E-state index is 5.85. The lowest BCUT2D eigenvalue weighted by atomic mass is 10.0. The molecule has 2 heterocycles. The van der Waals surface area contributed by atoms with Gasteiger partial charge >= 0.3 is 0 Å². The molecule has 98 valence electrons. The minimum atomic E-state index is 0.624. The first-order valence-corrected chi connectivity index (χ1v) is 7.00. The molecule has 4 nitrogen and oxygen atoms in total. The van der Waals surface area contributed by atoms with Crippen molar-refractivity contribution in [2.75, 3.05) is 19.7 Å². The summed E-state index contributed by atoms with van der Waals surface area (Å²) < 4.78 is 5.85. The van der Waals surface area contributed by atoms with Crippen molar-refractivity contribution in [1.82, 2.24) is 15.3 Å². The molecule has 0 bridgehead atoms. The number of ether oxygens (including phenoxy) is 1. The van der Waals surface area contributed by atoms with Gasteiger partial charge in [0.1, 0.15) is 5.82 Å². The van der Waals surface area contributed by atoms with Gasteiger partial charge in [0.05, 0.1) is 12.3 Å². The molecular formula is C14H21N3O. The average Bonchev–Trinajstić information content (AvgIpc) is 3.21. The molecule has 1 aliphatic heterocycles. The van der Waals surface area contributed by atoms with Crippen molar-refractivity contribution in [3.63, 3.8) is 0 Å². The summed E-state index contributed by atoms with van der Waals surface area (Å²) in [5.41, 5.74) is 1.17. The van der Waals surface area contributed by atoms with Crippen molar-refractivity contribution in [3.05, 3.63) is 17.6 Å². The van der Waals surface area contributed by atoms with E-state index in [9.17, 15) is 0 Å². The fourth-order valence-corrected chi connectivity index (χ4v) is 2.49. The molecule has 1 saturated carbocycles. The van der Waals surface area contributed by atoms with Crippen LogP contribution in [0.3, 0.4) is 0 Å². The van der Waals surface area contributed by atoms with Crippen LogP contribution in [-0.4, -0.2) is 29.7 Å². The average molecular weight is 247 g/mol. The highest BCUT2D eigenvalue weighted by Gasteiger charge is 2.26. The third-order valence-corrected chi connectivity index (χ3v) is 3.70. The highest BCUT2D eigenvalue weighted by Crippen LogP contribution is 2.39. The van der Waals surface area contributed by atoms with Crippen LogP contribution in [0.2, 0.25) is 0 Å². The standard InChI is InChI=1S/C14H21N3O/c1-10-16-13(12-4-5-12)7-14(17-10)18-9-11-3-2-6-15-8-11/h7,11-12,15H,2-6,8-9H2,1H3. The monoisotopic (exact) mass is 247 g/mol. The summed E-state index contributed by atoms with van der Waals surface area (Å²) >= 11 is 0. The summed E-state index contributed by atoms with van der Waals surface area (Å²) in [6.45, 7) is 4.93. The molecule has 1 aliphatic carbocycles. The van der Waals surface area contributed by atoms with E-state index in [2.05, 4.69) is 15.3 Å². The molecule has 18 heavy (non-hydrogen) atoms. The van der Waals surface area contributed by atoms with Gasteiger partial charge in [-0.1, -0.05) is 0 Å². The van der Waals surface area contributed by atoms with E-state index >= 15 is 0 Å². The normalized spacial score (nSPS) is 23.9. The fraction of sp³-hybridized carbons (Fsp3) is 0.714. The van der Waals surface area contributed by atoms with Gasteiger partial charge in [-0.15, -0.1) is 0 Å². The Morgan fingerprint density at radius 3 is 2.94 bits per heavy atom. The summed E-state index contributed by atoms with van der Waals surface area (Å²) in [6.07, 6.45) is 5.04. The van der Waals surface area contributed by atoms with Gasteiger partial charge in [0.2, 0.25) is 5.88 Å². The second kappa shape index (κ2) is 5.22. The van der Waals surface area contributed by atoms with Gasteiger partial charge in [-0.05, 0) is 39.2 Å². The zero-order chi connectivity index (χ0) is 12.4. The van der Waals surface area contributed by atoms with Crippen molar-refractivity contribution >= 4 is 0 Å². The molecule has 1 N–H and O–H groups in total. The Bertz CT molecular complexity index is 412. The van der Waals surface area contributed by atoms with Crippen LogP contribution in [0.15, 0.2) is 6.07 Å². The Balaban J connectivity index is 1.60. The van der Waals surface area contributed by atoms with E-state index in [4.69, 9.17) is 4.74 Å². The van der Waals surface area contributed by atoms with Crippen LogP contribution in [0, 0.1) is 12.8 Å². The lowest BCUT2D eigenvalue weighted by molar-refractivity contribution is 0.211. The third kappa shape index (κ3) is 2.99. The van der Waals surface area contributed by atoms with E-state index in [0.29, 0.717) is 11.8 Å². The second-order valence-electron chi connectivity index (χ2n) is 5.48. The van der Waals surface area contributed by atoms with Crippen LogP contribution < -0.4 is 10.1 Å². The predicted molar refractivity (Wildman–Crippen MR) is 69.8 cm³/mol. The van der Waals surface area contributed by atoms with E-state index in [0.717, 1.165) is 31.4 Å². The molecule has 4 heteroatoms. The van der Waals surface area contributed by atoms with Crippen LogP contribution in [0.5, 0.6) is 5.88 Å². The van der Waals surface area contributed by atoms with Gasteiger partial charge < -0.3 is 10.1 Å². The molecule has 1 atom stereocenters. The number of piperidine rings is 1. The van der Waals surface area contributed by atoms with Crippen LogP contribution in [0.1, 0.15) is 43.1 Å². The summed E-state index contributed by atoms with van der Waals surface area (Å²) in [4.78, 5) is 8.86. The molecule has 2 aliphatic rings. The van der Waals surface area contributed by atoms with E-state index in [-0.39, 0.29) is 0 Å². The number of nitrogens with zero attached hydrogens (tertiary/aromatic N) is 2. The molecule has 3 rings (SSSR count). The lowest BCUT2D eigenvalue weighted by Crippen LogP contribution is -2.33. The smallest absolute Gasteiger partial charge is 0.216 e. The first-order chi connectivity index (χ1) is 8.81. The number of hydrogen-bond donors (Lipinski definition) is 1. The number of hydrogen-bond acceptors (Lipinski definition) is 4. The molecule has 0 amide bonds. The van der Waals surface area contributed by atoms with E-state index < -0.39 is 0 Å². The zero-order valence-corrected chi connectivity index (χ0v) is 11.0. The van der Waals surface area contributed by atoms with Gasteiger partial charge in [-0.2, -0.15) is 4.98 Å². The molecule has 1 aromatic rings. The van der Waals surface area contributed by atoms with Crippen LogP contribution in [-0.2, 0) is 0 Å². The molecular weight excluding hydrogens is 226 g/mol. The topological polar surface area (TPSA) is 47.0 Å². The summed E-state index contributed by atoms with van der Waals surface area (Å²) in [6, 6.07) is 2.03. The summed E-state index contributed by atoms with van der Waals surface area (Å²) in [5.74, 6) is 2.87. The van der Waals surface area contributed by atoms with E-state index in [1.165, 1.54) is 31.4 Å². The van der Waals surface area contributed by atoms with Gasteiger partial charge in [-0.3, -0.25) is 0 Å². The zero-order valence-electron chi connectivity index (χ0n) is 11.0. The maximum absolute atomic E-state index is 5.85. The third-order valence-electron chi connectivity index (χ3n) is 3.70. The van der Waals surface area contributed by atoms with E-state index in [1.807, 2.05) is 13.0 Å². The predicted octanol–water partition coefficient (Wildman–Crippen LogP) is 2.04. The quantitative estimate of drug-likeness (QED) is 0.884. The number of rotatable bonds is 4.